The normalized spacial score (nSPS) is 27.0. The van der Waals surface area contributed by atoms with Crippen molar-refractivity contribution in [2.24, 2.45) is 0 Å². The highest BCUT2D eigenvalue weighted by Crippen LogP contribution is 2.33. The highest BCUT2D eigenvalue weighted by molar-refractivity contribution is 5.29. The molecule has 2 N–H and O–H groups in total. The summed E-state index contributed by atoms with van der Waals surface area (Å²) in [6, 6.07) is 0.753. The number of fused-ring (bicyclic) bond motifs is 4. The summed E-state index contributed by atoms with van der Waals surface area (Å²) in [5, 5.41) is 3.49. The van der Waals surface area contributed by atoms with Crippen molar-refractivity contribution in [1.82, 2.24) is 15.3 Å². The minimum Gasteiger partial charge on any atom is -0.310 e. The molecular formula is C13H19N3O. The van der Waals surface area contributed by atoms with E-state index in [1.807, 2.05) is 0 Å². The quantitative estimate of drug-likeness (QED) is 0.712. The molecule has 0 amide bonds. The molecule has 0 aromatic carbocycles. The van der Waals surface area contributed by atoms with Gasteiger partial charge in [0.2, 0.25) is 0 Å². The lowest BCUT2D eigenvalue weighted by molar-refractivity contribution is 0.480. The summed E-state index contributed by atoms with van der Waals surface area (Å²) in [7, 11) is 0. The van der Waals surface area contributed by atoms with Crippen molar-refractivity contribution >= 4 is 0 Å². The Labute approximate surface area is 101 Å². The summed E-state index contributed by atoms with van der Waals surface area (Å²) in [4.78, 5) is 19.8. The molecule has 3 rings (SSSR count). The molecule has 0 aliphatic carbocycles. The number of aromatic nitrogens is 2. The molecule has 0 spiro atoms. The van der Waals surface area contributed by atoms with Gasteiger partial charge in [-0.3, -0.25) is 4.79 Å². The first-order chi connectivity index (χ1) is 7.95. The first-order valence-corrected chi connectivity index (χ1v) is 6.35. The minimum absolute atomic E-state index is 0.0535. The van der Waals surface area contributed by atoms with Gasteiger partial charge in [0.15, 0.2) is 0 Å². The van der Waals surface area contributed by atoms with Crippen molar-refractivity contribution in [1.29, 1.82) is 0 Å². The number of hydrogen-bond donors (Lipinski definition) is 2. The van der Waals surface area contributed by atoms with Crippen LogP contribution in [0.1, 0.15) is 56.7 Å². The van der Waals surface area contributed by atoms with Gasteiger partial charge in [0.25, 0.3) is 5.56 Å². The van der Waals surface area contributed by atoms with Crippen LogP contribution in [-0.4, -0.2) is 16.0 Å². The van der Waals surface area contributed by atoms with Crippen molar-refractivity contribution in [2.45, 2.75) is 57.5 Å². The second-order valence-corrected chi connectivity index (χ2v) is 6.22. The molecule has 0 saturated carbocycles. The van der Waals surface area contributed by atoms with E-state index in [2.05, 4.69) is 31.1 Å². The van der Waals surface area contributed by atoms with E-state index >= 15 is 0 Å². The summed E-state index contributed by atoms with van der Waals surface area (Å²) in [5.41, 5.74) is 1.85. The summed E-state index contributed by atoms with van der Waals surface area (Å²) < 4.78 is 0. The van der Waals surface area contributed by atoms with E-state index in [0.717, 1.165) is 36.3 Å². The van der Waals surface area contributed by atoms with Crippen LogP contribution in [0.2, 0.25) is 0 Å². The molecule has 0 radical (unpaired) electrons. The second-order valence-electron chi connectivity index (χ2n) is 6.22. The van der Waals surface area contributed by atoms with Crippen molar-refractivity contribution in [3.63, 3.8) is 0 Å². The fourth-order valence-electron chi connectivity index (χ4n) is 2.84. The van der Waals surface area contributed by atoms with Crippen molar-refractivity contribution in [2.75, 3.05) is 0 Å². The molecule has 2 aliphatic heterocycles. The van der Waals surface area contributed by atoms with Crippen LogP contribution in [0.4, 0.5) is 0 Å². The lowest BCUT2D eigenvalue weighted by Crippen LogP contribution is -2.38. The topological polar surface area (TPSA) is 57.8 Å². The highest BCUT2D eigenvalue weighted by Gasteiger charge is 2.35. The van der Waals surface area contributed by atoms with Crippen molar-refractivity contribution in [3.05, 3.63) is 27.4 Å². The van der Waals surface area contributed by atoms with Gasteiger partial charge >= 0.3 is 0 Å². The third-order valence-corrected chi connectivity index (χ3v) is 3.77. The van der Waals surface area contributed by atoms with Gasteiger partial charge in [-0.25, -0.2) is 4.98 Å². The zero-order valence-corrected chi connectivity index (χ0v) is 10.6. The molecular weight excluding hydrogens is 214 g/mol. The molecule has 1 fully saturated rings. The Balaban J connectivity index is 2.15. The molecule has 4 nitrogen and oxygen atoms in total. The molecule has 3 heterocycles. The zero-order chi connectivity index (χ0) is 12.2. The number of nitrogens with zero attached hydrogens (tertiary/aromatic N) is 1. The number of H-pyrrole nitrogens is 1. The van der Waals surface area contributed by atoms with Gasteiger partial charge in [-0.05, 0) is 12.8 Å². The Bertz CT molecular complexity index is 512. The Hall–Kier alpha value is -1.16. The third-order valence-electron chi connectivity index (χ3n) is 3.77. The highest BCUT2D eigenvalue weighted by atomic mass is 16.1. The third kappa shape index (κ3) is 1.71. The summed E-state index contributed by atoms with van der Waals surface area (Å²) in [6.07, 6.45) is 3.13. The maximum absolute atomic E-state index is 12.2. The SMILES string of the molecule is CC(C)(C)c1nc2c(c(=O)[nH]1)C1CCC(C2)N1. The van der Waals surface area contributed by atoms with E-state index in [4.69, 9.17) is 4.98 Å². The average molecular weight is 233 g/mol. The summed E-state index contributed by atoms with van der Waals surface area (Å²) >= 11 is 0. The molecule has 92 valence electrons. The van der Waals surface area contributed by atoms with Crippen LogP contribution >= 0.6 is 0 Å². The molecule has 4 heteroatoms. The van der Waals surface area contributed by atoms with Crippen LogP contribution in [-0.2, 0) is 11.8 Å². The molecule has 2 atom stereocenters. The van der Waals surface area contributed by atoms with Gasteiger partial charge in [0, 0.05) is 23.9 Å². The van der Waals surface area contributed by atoms with Crippen LogP contribution < -0.4 is 10.9 Å². The van der Waals surface area contributed by atoms with E-state index in [1.54, 1.807) is 0 Å². The van der Waals surface area contributed by atoms with Crippen LogP contribution in [0.5, 0.6) is 0 Å². The van der Waals surface area contributed by atoms with Gasteiger partial charge in [-0.2, -0.15) is 0 Å². The predicted molar refractivity (Wildman–Crippen MR) is 66.2 cm³/mol. The standard InChI is InChI=1S/C13H19N3O/c1-13(2,3)12-15-9-6-7-4-5-8(14-7)10(9)11(17)16-12/h7-8,14H,4-6H2,1-3H3,(H,15,16,17). The van der Waals surface area contributed by atoms with Gasteiger partial charge in [-0.1, -0.05) is 20.8 Å². The molecule has 1 saturated heterocycles. The zero-order valence-electron chi connectivity index (χ0n) is 10.6. The average Bonchev–Trinajstić information content (AvgIpc) is 2.58. The predicted octanol–water partition coefficient (Wildman–Crippen LogP) is 1.42. The van der Waals surface area contributed by atoms with Crippen molar-refractivity contribution < 1.29 is 0 Å². The van der Waals surface area contributed by atoms with Gasteiger partial charge in [0.1, 0.15) is 5.82 Å². The molecule has 1 aromatic heterocycles. The fraction of sp³-hybridized carbons (Fsp3) is 0.692. The number of aromatic amines is 1. The maximum Gasteiger partial charge on any atom is 0.255 e. The van der Waals surface area contributed by atoms with E-state index in [-0.39, 0.29) is 17.0 Å². The van der Waals surface area contributed by atoms with E-state index in [0.29, 0.717) is 6.04 Å². The molecule has 1 aromatic rings. The fourth-order valence-corrected chi connectivity index (χ4v) is 2.84. The lowest BCUT2D eigenvalue weighted by Gasteiger charge is -2.25. The minimum atomic E-state index is -0.0991. The lowest BCUT2D eigenvalue weighted by atomic mass is 9.94. The first-order valence-electron chi connectivity index (χ1n) is 6.35. The summed E-state index contributed by atoms with van der Waals surface area (Å²) in [5.74, 6) is 0.808. The monoisotopic (exact) mass is 233 g/mol. The summed E-state index contributed by atoms with van der Waals surface area (Å²) in [6.45, 7) is 6.23. The van der Waals surface area contributed by atoms with E-state index in [1.165, 1.54) is 0 Å². The molecule has 2 aliphatic rings. The maximum atomic E-state index is 12.2. The van der Waals surface area contributed by atoms with E-state index in [9.17, 15) is 4.79 Å². The Morgan fingerprint density at radius 2 is 2.06 bits per heavy atom. The Kier molecular flexibility index (Phi) is 2.20. The smallest absolute Gasteiger partial charge is 0.255 e. The number of nitrogens with one attached hydrogen (secondary N) is 2. The van der Waals surface area contributed by atoms with E-state index < -0.39 is 0 Å². The Morgan fingerprint density at radius 3 is 2.76 bits per heavy atom. The molecule has 17 heavy (non-hydrogen) atoms. The largest absolute Gasteiger partial charge is 0.310 e. The van der Waals surface area contributed by atoms with Crippen molar-refractivity contribution in [3.8, 4) is 0 Å². The van der Waals surface area contributed by atoms with Crippen LogP contribution in [0.25, 0.3) is 0 Å². The first kappa shape index (κ1) is 11.0. The van der Waals surface area contributed by atoms with Gasteiger partial charge in [-0.15, -0.1) is 0 Å². The van der Waals surface area contributed by atoms with Gasteiger partial charge in [0.05, 0.1) is 11.3 Å². The van der Waals surface area contributed by atoms with Crippen LogP contribution in [0, 0.1) is 0 Å². The van der Waals surface area contributed by atoms with Crippen LogP contribution in [0.3, 0.4) is 0 Å². The Morgan fingerprint density at radius 1 is 1.29 bits per heavy atom. The number of hydrogen-bond acceptors (Lipinski definition) is 3. The van der Waals surface area contributed by atoms with Crippen LogP contribution in [0.15, 0.2) is 4.79 Å². The second kappa shape index (κ2) is 3.42. The number of rotatable bonds is 0. The molecule has 2 bridgehead atoms. The molecule has 2 unspecified atom stereocenters. The van der Waals surface area contributed by atoms with Gasteiger partial charge < -0.3 is 10.3 Å².